The van der Waals surface area contributed by atoms with Gasteiger partial charge in [-0.25, -0.2) is 8.42 Å². The van der Waals surface area contributed by atoms with E-state index in [1.165, 1.54) is 4.31 Å². The Hall–Kier alpha value is -1.44. The molecule has 1 aliphatic heterocycles. The van der Waals surface area contributed by atoms with E-state index < -0.39 is 10.0 Å². The van der Waals surface area contributed by atoms with E-state index in [1.54, 1.807) is 37.4 Å². The summed E-state index contributed by atoms with van der Waals surface area (Å²) in [6.07, 6.45) is 2.14. The first-order valence-corrected chi connectivity index (χ1v) is 9.73. The molecule has 1 aromatic carbocycles. The maximum absolute atomic E-state index is 12.7. The van der Waals surface area contributed by atoms with Crippen LogP contribution in [0, 0.1) is 5.92 Å². The molecule has 0 bridgehead atoms. The first-order valence-electron chi connectivity index (χ1n) is 8.29. The van der Waals surface area contributed by atoms with Gasteiger partial charge in [-0.2, -0.15) is 4.31 Å². The summed E-state index contributed by atoms with van der Waals surface area (Å²) in [5.41, 5.74) is 0. The van der Waals surface area contributed by atoms with Crippen LogP contribution in [0.3, 0.4) is 0 Å². The Balaban J connectivity index is 2.00. The molecule has 24 heavy (non-hydrogen) atoms. The standard InChI is InChI=1S/C17H26N2O4S/c1-14(10-12-23-2)18-17(20)15-7-6-11-19(13-15)24(21,22)16-8-4-3-5-9-16/h3-5,8-9,14-15H,6-7,10-13H2,1-2H3,(H,18,20). The van der Waals surface area contributed by atoms with Crippen LogP contribution < -0.4 is 5.32 Å². The lowest BCUT2D eigenvalue weighted by Crippen LogP contribution is -2.47. The molecule has 1 saturated heterocycles. The second-order valence-electron chi connectivity index (χ2n) is 6.21. The molecule has 1 fully saturated rings. The molecule has 2 rings (SSSR count). The van der Waals surface area contributed by atoms with Gasteiger partial charge in [0.1, 0.15) is 0 Å². The summed E-state index contributed by atoms with van der Waals surface area (Å²) >= 11 is 0. The van der Waals surface area contributed by atoms with Crippen molar-refractivity contribution in [3.05, 3.63) is 30.3 Å². The van der Waals surface area contributed by atoms with Crippen LogP contribution >= 0.6 is 0 Å². The predicted octanol–water partition coefficient (Wildman–Crippen LogP) is 1.63. The van der Waals surface area contributed by atoms with E-state index in [-0.39, 0.29) is 29.3 Å². The maximum atomic E-state index is 12.7. The van der Waals surface area contributed by atoms with Gasteiger partial charge < -0.3 is 10.1 Å². The average molecular weight is 354 g/mol. The second kappa shape index (κ2) is 8.60. The highest BCUT2D eigenvalue weighted by Gasteiger charge is 2.33. The van der Waals surface area contributed by atoms with Gasteiger partial charge in [-0.05, 0) is 38.3 Å². The molecule has 134 valence electrons. The molecule has 0 radical (unpaired) electrons. The molecule has 1 aliphatic rings. The van der Waals surface area contributed by atoms with Crippen molar-refractivity contribution >= 4 is 15.9 Å². The molecule has 0 spiro atoms. The molecule has 7 heteroatoms. The minimum Gasteiger partial charge on any atom is -0.385 e. The van der Waals surface area contributed by atoms with Crippen LogP contribution in [0.2, 0.25) is 0 Å². The van der Waals surface area contributed by atoms with Crippen molar-refractivity contribution in [1.82, 2.24) is 9.62 Å². The van der Waals surface area contributed by atoms with E-state index in [4.69, 9.17) is 4.74 Å². The number of sulfonamides is 1. The molecule has 1 amide bonds. The van der Waals surface area contributed by atoms with Crippen molar-refractivity contribution in [2.24, 2.45) is 5.92 Å². The van der Waals surface area contributed by atoms with Crippen molar-refractivity contribution in [1.29, 1.82) is 0 Å². The van der Waals surface area contributed by atoms with Crippen LogP contribution in [0.15, 0.2) is 35.2 Å². The van der Waals surface area contributed by atoms with E-state index >= 15 is 0 Å². The van der Waals surface area contributed by atoms with Gasteiger partial charge >= 0.3 is 0 Å². The zero-order valence-corrected chi connectivity index (χ0v) is 15.1. The zero-order chi connectivity index (χ0) is 17.6. The maximum Gasteiger partial charge on any atom is 0.243 e. The molecule has 1 aromatic rings. The topological polar surface area (TPSA) is 75.7 Å². The third-order valence-corrected chi connectivity index (χ3v) is 6.16. The molecule has 0 saturated carbocycles. The molecule has 1 N–H and O–H groups in total. The van der Waals surface area contributed by atoms with E-state index in [9.17, 15) is 13.2 Å². The van der Waals surface area contributed by atoms with Crippen molar-refractivity contribution in [3.8, 4) is 0 Å². The van der Waals surface area contributed by atoms with Crippen molar-refractivity contribution in [2.45, 2.75) is 37.1 Å². The molecule has 0 aliphatic carbocycles. The second-order valence-corrected chi connectivity index (χ2v) is 8.14. The van der Waals surface area contributed by atoms with E-state index in [0.29, 0.717) is 26.0 Å². The number of amides is 1. The Labute approximate surface area is 144 Å². The quantitative estimate of drug-likeness (QED) is 0.807. The Morgan fingerprint density at radius 3 is 2.75 bits per heavy atom. The fourth-order valence-corrected chi connectivity index (χ4v) is 4.39. The van der Waals surface area contributed by atoms with Gasteiger partial charge in [0.2, 0.25) is 15.9 Å². The van der Waals surface area contributed by atoms with Gasteiger partial charge in [0.15, 0.2) is 0 Å². The van der Waals surface area contributed by atoms with Crippen LogP contribution in [0.1, 0.15) is 26.2 Å². The van der Waals surface area contributed by atoms with Crippen LogP contribution in [-0.4, -0.2) is 51.5 Å². The van der Waals surface area contributed by atoms with E-state index in [2.05, 4.69) is 5.32 Å². The van der Waals surface area contributed by atoms with E-state index in [1.807, 2.05) is 6.92 Å². The number of nitrogens with one attached hydrogen (secondary N) is 1. The minimum atomic E-state index is -3.54. The van der Waals surface area contributed by atoms with Gasteiger partial charge in [-0.1, -0.05) is 18.2 Å². The summed E-state index contributed by atoms with van der Waals surface area (Å²) in [7, 11) is -1.91. The zero-order valence-electron chi connectivity index (χ0n) is 14.3. The van der Waals surface area contributed by atoms with Crippen LogP contribution in [0.4, 0.5) is 0 Å². The highest BCUT2D eigenvalue weighted by atomic mass is 32.2. The number of piperidine rings is 1. The summed E-state index contributed by atoms with van der Waals surface area (Å²) < 4.78 is 31.8. The average Bonchev–Trinajstić information content (AvgIpc) is 2.60. The molecule has 1 heterocycles. The summed E-state index contributed by atoms with van der Waals surface area (Å²) in [5, 5.41) is 2.96. The van der Waals surface area contributed by atoms with Gasteiger partial charge in [0.05, 0.1) is 10.8 Å². The molecule has 2 atom stereocenters. The van der Waals surface area contributed by atoms with Crippen molar-refractivity contribution < 1.29 is 17.9 Å². The third-order valence-electron chi connectivity index (χ3n) is 4.28. The van der Waals surface area contributed by atoms with Gasteiger partial charge in [0.25, 0.3) is 0 Å². The lowest BCUT2D eigenvalue weighted by Gasteiger charge is -2.31. The van der Waals surface area contributed by atoms with E-state index in [0.717, 1.165) is 6.42 Å². The Bertz CT molecular complexity index is 633. The highest BCUT2D eigenvalue weighted by Crippen LogP contribution is 2.23. The van der Waals surface area contributed by atoms with Gasteiger partial charge in [0, 0.05) is 32.8 Å². The Morgan fingerprint density at radius 1 is 1.38 bits per heavy atom. The minimum absolute atomic E-state index is 0.0126. The summed E-state index contributed by atoms with van der Waals surface area (Å²) in [4.78, 5) is 12.7. The first kappa shape index (κ1) is 18.9. The predicted molar refractivity (Wildman–Crippen MR) is 92.0 cm³/mol. The summed E-state index contributed by atoms with van der Waals surface area (Å²) in [6.45, 7) is 3.21. The number of hydrogen-bond acceptors (Lipinski definition) is 4. The monoisotopic (exact) mass is 354 g/mol. The normalized spacial score (nSPS) is 20.5. The lowest BCUT2D eigenvalue weighted by molar-refractivity contribution is -0.126. The number of benzene rings is 1. The lowest BCUT2D eigenvalue weighted by atomic mass is 9.98. The SMILES string of the molecule is COCCC(C)NC(=O)C1CCCN(S(=O)(=O)c2ccccc2)C1. The fraction of sp³-hybridized carbons (Fsp3) is 0.588. The number of ether oxygens (including phenoxy) is 1. The Morgan fingerprint density at radius 2 is 2.08 bits per heavy atom. The van der Waals surface area contributed by atoms with Gasteiger partial charge in [-0.15, -0.1) is 0 Å². The fourth-order valence-electron chi connectivity index (χ4n) is 2.84. The molecule has 2 unspecified atom stereocenters. The highest BCUT2D eigenvalue weighted by molar-refractivity contribution is 7.89. The molecule has 0 aromatic heterocycles. The van der Waals surface area contributed by atoms with Crippen LogP contribution in [-0.2, 0) is 19.6 Å². The number of hydrogen-bond donors (Lipinski definition) is 1. The molecular weight excluding hydrogens is 328 g/mol. The first-order chi connectivity index (χ1) is 11.4. The largest absolute Gasteiger partial charge is 0.385 e. The van der Waals surface area contributed by atoms with Crippen LogP contribution in [0.5, 0.6) is 0 Å². The summed E-state index contributed by atoms with van der Waals surface area (Å²) in [5.74, 6) is -0.381. The van der Waals surface area contributed by atoms with Crippen LogP contribution in [0.25, 0.3) is 0 Å². The molecule has 6 nitrogen and oxygen atoms in total. The smallest absolute Gasteiger partial charge is 0.243 e. The van der Waals surface area contributed by atoms with Crippen molar-refractivity contribution in [3.63, 3.8) is 0 Å². The third kappa shape index (κ3) is 4.78. The van der Waals surface area contributed by atoms with Crippen molar-refractivity contribution in [2.75, 3.05) is 26.8 Å². The summed E-state index contributed by atoms with van der Waals surface area (Å²) in [6, 6.07) is 8.39. The number of nitrogens with zero attached hydrogens (tertiary/aromatic N) is 1. The number of methoxy groups -OCH3 is 1. The number of carbonyl (C=O) groups is 1. The number of carbonyl (C=O) groups excluding carboxylic acids is 1. The number of rotatable bonds is 7. The molecular formula is C17H26N2O4S. The Kier molecular flexibility index (Phi) is 6.77. The van der Waals surface area contributed by atoms with Gasteiger partial charge in [-0.3, -0.25) is 4.79 Å².